The molecule has 0 atom stereocenters. The minimum atomic E-state index is 0.520. The van der Waals surface area contributed by atoms with Crippen LogP contribution < -0.4 is 0 Å². The van der Waals surface area contributed by atoms with Crippen molar-refractivity contribution in [3.8, 4) is 5.75 Å². The zero-order chi connectivity index (χ0) is 15.8. The fourth-order valence-corrected chi connectivity index (χ4v) is 2.76. The van der Waals surface area contributed by atoms with Crippen LogP contribution in [0.25, 0.3) is 0 Å². The summed E-state index contributed by atoms with van der Waals surface area (Å²) in [5, 5.41) is 10.5. The number of nitrogens with zero attached hydrogens (tertiary/aromatic N) is 1. The molecule has 118 valence electrons. The van der Waals surface area contributed by atoms with E-state index >= 15 is 0 Å². The van der Waals surface area contributed by atoms with Crippen LogP contribution in [0.5, 0.6) is 5.75 Å². The van der Waals surface area contributed by atoms with Crippen molar-refractivity contribution < 1.29 is 5.11 Å². The summed E-state index contributed by atoms with van der Waals surface area (Å²) in [5.41, 5.74) is 4.53. The molecule has 0 spiro atoms. The van der Waals surface area contributed by atoms with Crippen LogP contribution >= 0.6 is 0 Å². The molecule has 2 aromatic rings. The van der Waals surface area contributed by atoms with Crippen molar-refractivity contribution in [3.05, 3.63) is 58.9 Å². The Morgan fingerprint density at radius 3 is 2.09 bits per heavy atom. The van der Waals surface area contributed by atoms with Gasteiger partial charge >= 0.3 is 0 Å². The van der Waals surface area contributed by atoms with Crippen LogP contribution in [-0.2, 0) is 19.3 Å². The zero-order valence-corrected chi connectivity index (χ0v) is 13.8. The molecule has 0 unspecified atom stereocenters. The van der Waals surface area contributed by atoms with Crippen LogP contribution in [0.1, 0.15) is 61.9 Å². The maximum absolute atomic E-state index is 10.5. The molecule has 0 amide bonds. The van der Waals surface area contributed by atoms with E-state index in [1.165, 1.54) is 5.56 Å². The van der Waals surface area contributed by atoms with Crippen molar-refractivity contribution in [3.63, 3.8) is 0 Å². The summed E-state index contributed by atoms with van der Waals surface area (Å²) in [7, 11) is 0. The summed E-state index contributed by atoms with van der Waals surface area (Å²) in [6, 6.07) is 10.4. The fraction of sp³-hybridized carbons (Fsp3) is 0.450. The number of hydrogen-bond donors (Lipinski definition) is 1. The molecule has 2 nitrogen and oxygen atoms in total. The molecular formula is C20H27NO. The number of unbranched alkanes of at least 4 members (excludes halogenated alkanes) is 2. The van der Waals surface area contributed by atoms with E-state index in [-0.39, 0.29) is 0 Å². The fourth-order valence-electron chi connectivity index (χ4n) is 2.76. The van der Waals surface area contributed by atoms with Crippen molar-refractivity contribution in [2.75, 3.05) is 0 Å². The Bertz CT molecular complexity index is 549. The minimum Gasteiger partial charge on any atom is -0.507 e. The van der Waals surface area contributed by atoms with E-state index in [9.17, 15) is 5.11 Å². The Balaban J connectivity index is 2.27. The highest BCUT2D eigenvalue weighted by molar-refractivity contribution is 5.45. The van der Waals surface area contributed by atoms with Gasteiger partial charge in [-0.3, -0.25) is 4.98 Å². The summed E-state index contributed by atoms with van der Waals surface area (Å²) < 4.78 is 0. The lowest BCUT2D eigenvalue weighted by atomic mass is 9.95. The molecule has 1 N–H and O–H groups in total. The molecule has 0 aliphatic rings. The largest absolute Gasteiger partial charge is 0.507 e. The van der Waals surface area contributed by atoms with Gasteiger partial charge in [0.05, 0.1) is 0 Å². The molecule has 0 fully saturated rings. The number of aromatic hydroxyl groups is 1. The smallest absolute Gasteiger partial charge is 0.121 e. The summed E-state index contributed by atoms with van der Waals surface area (Å²) in [4.78, 5) is 4.42. The molecule has 1 heterocycles. The Kier molecular flexibility index (Phi) is 6.45. The van der Waals surface area contributed by atoms with Crippen molar-refractivity contribution >= 4 is 0 Å². The van der Waals surface area contributed by atoms with Crippen molar-refractivity contribution in [1.82, 2.24) is 4.98 Å². The van der Waals surface area contributed by atoms with Crippen molar-refractivity contribution in [2.45, 2.75) is 58.8 Å². The maximum Gasteiger partial charge on any atom is 0.121 e. The first kappa shape index (κ1) is 16.5. The average molecular weight is 297 g/mol. The monoisotopic (exact) mass is 297 g/mol. The standard InChI is InChI=1S/C20H27NO/c1-3-5-9-17-13-16(15-19-11-7-8-12-21-19)14-18(20(17)22)10-6-4-2/h7-8,11-14,22H,3-6,9-10,15H2,1-2H3. The second-order valence-electron chi connectivity index (χ2n) is 5.97. The van der Waals surface area contributed by atoms with E-state index in [1.807, 2.05) is 18.3 Å². The van der Waals surface area contributed by atoms with Gasteiger partial charge in [-0.1, -0.05) is 44.9 Å². The molecule has 0 saturated carbocycles. The lowest BCUT2D eigenvalue weighted by Crippen LogP contribution is -1.98. The molecular weight excluding hydrogens is 270 g/mol. The van der Waals surface area contributed by atoms with E-state index < -0.39 is 0 Å². The molecule has 1 aromatic carbocycles. The van der Waals surface area contributed by atoms with E-state index in [0.29, 0.717) is 5.75 Å². The molecule has 0 radical (unpaired) electrons. The lowest BCUT2D eigenvalue weighted by Gasteiger charge is -2.13. The number of pyridine rings is 1. The van der Waals surface area contributed by atoms with Crippen molar-refractivity contribution in [2.24, 2.45) is 0 Å². The SMILES string of the molecule is CCCCc1cc(Cc2ccccn2)cc(CCCC)c1O. The Morgan fingerprint density at radius 1 is 0.955 bits per heavy atom. The third-order valence-electron chi connectivity index (χ3n) is 4.04. The van der Waals surface area contributed by atoms with Gasteiger partial charge in [0.1, 0.15) is 5.75 Å². The topological polar surface area (TPSA) is 33.1 Å². The third kappa shape index (κ3) is 4.59. The lowest BCUT2D eigenvalue weighted by molar-refractivity contribution is 0.458. The van der Waals surface area contributed by atoms with Gasteiger partial charge in [0, 0.05) is 18.3 Å². The van der Waals surface area contributed by atoms with Gasteiger partial charge in [-0.25, -0.2) is 0 Å². The second kappa shape index (κ2) is 8.57. The van der Waals surface area contributed by atoms with Gasteiger partial charge in [-0.15, -0.1) is 0 Å². The number of hydrogen-bond acceptors (Lipinski definition) is 2. The highest BCUT2D eigenvalue weighted by Gasteiger charge is 2.10. The number of phenols is 1. The first-order valence-electron chi connectivity index (χ1n) is 8.48. The predicted octanol–water partition coefficient (Wildman–Crippen LogP) is 5.06. The molecule has 0 aliphatic carbocycles. The van der Waals surface area contributed by atoms with E-state index in [0.717, 1.165) is 61.8 Å². The van der Waals surface area contributed by atoms with Crippen LogP contribution in [0, 0.1) is 0 Å². The van der Waals surface area contributed by atoms with Gasteiger partial charge < -0.3 is 5.11 Å². The average Bonchev–Trinajstić information content (AvgIpc) is 2.54. The van der Waals surface area contributed by atoms with Crippen molar-refractivity contribution in [1.29, 1.82) is 0 Å². The number of rotatable bonds is 8. The van der Waals surface area contributed by atoms with Crippen LogP contribution in [0.2, 0.25) is 0 Å². The van der Waals surface area contributed by atoms with E-state index in [1.54, 1.807) is 0 Å². The van der Waals surface area contributed by atoms with Crippen LogP contribution in [0.15, 0.2) is 36.5 Å². The Morgan fingerprint density at radius 2 is 1.59 bits per heavy atom. The van der Waals surface area contributed by atoms with Crippen LogP contribution in [0.3, 0.4) is 0 Å². The molecule has 2 rings (SSSR count). The molecule has 22 heavy (non-hydrogen) atoms. The highest BCUT2D eigenvalue weighted by atomic mass is 16.3. The van der Waals surface area contributed by atoms with E-state index in [2.05, 4.69) is 37.0 Å². The van der Waals surface area contributed by atoms with Gasteiger partial charge in [0.25, 0.3) is 0 Å². The first-order valence-corrected chi connectivity index (χ1v) is 8.48. The van der Waals surface area contributed by atoms with Gasteiger partial charge in [0.15, 0.2) is 0 Å². The maximum atomic E-state index is 10.5. The molecule has 2 heteroatoms. The molecule has 0 saturated heterocycles. The second-order valence-corrected chi connectivity index (χ2v) is 5.97. The summed E-state index contributed by atoms with van der Waals surface area (Å²) in [6.07, 6.45) is 9.12. The van der Waals surface area contributed by atoms with Crippen LogP contribution in [0.4, 0.5) is 0 Å². The zero-order valence-electron chi connectivity index (χ0n) is 13.8. The van der Waals surface area contributed by atoms with Gasteiger partial charge in [-0.05, 0) is 54.5 Å². The Hall–Kier alpha value is -1.83. The normalized spacial score (nSPS) is 10.8. The molecule has 0 aliphatic heterocycles. The highest BCUT2D eigenvalue weighted by Crippen LogP contribution is 2.28. The van der Waals surface area contributed by atoms with Gasteiger partial charge in [-0.2, -0.15) is 0 Å². The summed E-state index contributed by atoms with van der Waals surface area (Å²) in [5.74, 6) is 0.520. The number of aryl methyl sites for hydroxylation is 2. The Labute approximate surface area is 134 Å². The van der Waals surface area contributed by atoms with Crippen LogP contribution in [-0.4, -0.2) is 10.1 Å². The quantitative estimate of drug-likeness (QED) is 0.738. The minimum absolute atomic E-state index is 0.520. The molecule has 0 bridgehead atoms. The molecule has 1 aromatic heterocycles. The predicted molar refractivity (Wildman–Crippen MR) is 92.4 cm³/mol. The third-order valence-corrected chi connectivity index (χ3v) is 4.04. The summed E-state index contributed by atoms with van der Waals surface area (Å²) in [6.45, 7) is 4.37. The number of phenolic OH excluding ortho intramolecular Hbond substituents is 1. The number of benzene rings is 1. The summed E-state index contributed by atoms with van der Waals surface area (Å²) >= 11 is 0. The van der Waals surface area contributed by atoms with E-state index in [4.69, 9.17) is 0 Å². The van der Waals surface area contributed by atoms with Gasteiger partial charge in [0.2, 0.25) is 0 Å². The number of aromatic nitrogens is 1. The first-order chi connectivity index (χ1) is 10.7.